The summed E-state index contributed by atoms with van der Waals surface area (Å²) < 4.78 is 10.3. The molecule has 1 fully saturated rings. The van der Waals surface area contributed by atoms with Gasteiger partial charge in [0.1, 0.15) is 0 Å². The molecule has 3 heteroatoms. The summed E-state index contributed by atoms with van der Waals surface area (Å²) in [6.07, 6.45) is 0.354. The molecule has 1 saturated heterocycles. The summed E-state index contributed by atoms with van der Waals surface area (Å²) in [5, 5.41) is 9.32. The van der Waals surface area contributed by atoms with Gasteiger partial charge in [-0.25, -0.2) is 0 Å². The number of ether oxygens (including phenoxy) is 2. The molecule has 0 spiro atoms. The van der Waals surface area contributed by atoms with Crippen molar-refractivity contribution < 1.29 is 14.6 Å². The first-order valence-electron chi connectivity index (χ1n) is 3.53. The molecule has 0 atom stereocenters. The minimum absolute atomic E-state index is 0.194. The molecule has 3 nitrogen and oxygen atoms in total. The van der Waals surface area contributed by atoms with E-state index in [9.17, 15) is 5.11 Å². The maximum absolute atomic E-state index is 9.32. The molecule has 0 saturated carbocycles. The largest absolute Gasteiger partial charge is 0.390 e. The predicted molar refractivity (Wildman–Crippen MR) is 36.6 cm³/mol. The SMILES string of the molecule is CC(C)(O)CC1OCCO1. The molecule has 0 unspecified atom stereocenters. The zero-order valence-electron chi connectivity index (χ0n) is 6.46. The molecular weight excluding hydrogens is 132 g/mol. The molecule has 1 aliphatic heterocycles. The molecule has 0 aliphatic carbocycles. The predicted octanol–water partition coefficient (Wildman–Crippen LogP) is 0.520. The van der Waals surface area contributed by atoms with Crippen LogP contribution in [0.5, 0.6) is 0 Å². The summed E-state index contributed by atoms with van der Waals surface area (Å²) in [6.45, 7) is 4.80. The number of hydrogen-bond donors (Lipinski definition) is 1. The van der Waals surface area contributed by atoms with E-state index in [0.717, 1.165) is 0 Å². The second-order valence-corrected chi connectivity index (χ2v) is 3.19. The second-order valence-electron chi connectivity index (χ2n) is 3.19. The van der Waals surface area contributed by atoms with Gasteiger partial charge in [-0.2, -0.15) is 0 Å². The summed E-state index contributed by atoms with van der Waals surface area (Å²) in [6, 6.07) is 0. The molecule has 0 aromatic carbocycles. The smallest absolute Gasteiger partial charge is 0.160 e. The van der Waals surface area contributed by atoms with E-state index in [-0.39, 0.29) is 6.29 Å². The minimum Gasteiger partial charge on any atom is -0.390 e. The summed E-state index contributed by atoms with van der Waals surface area (Å²) in [7, 11) is 0. The van der Waals surface area contributed by atoms with Crippen molar-refractivity contribution in [2.45, 2.75) is 32.2 Å². The van der Waals surface area contributed by atoms with Crippen LogP contribution in [0.1, 0.15) is 20.3 Å². The topological polar surface area (TPSA) is 38.7 Å². The lowest BCUT2D eigenvalue weighted by molar-refractivity contribution is -0.0909. The fourth-order valence-electron chi connectivity index (χ4n) is 0.933. The Labute approximate surface area is 60.9 Å². The third kappa shape index (κ3) is 2.64. The highest BCUT2D eigenvalue weighted by molar-refractivity contribution is 4.68. The Morgan fingerprint density at radius 2 is 1.90 bits per heavy atom. The quantitative estimate of drug-likeness (QED) is 0.617. The Morgan fingerprint density at radius 1 is 1.40 bits per heavy atom. The van der Waals surface area contributed by atoms with Gasteiger partial charge >= 0.3 is 0 Å². The molecule has 1 N–H and O–H groups in total. The van der Waals surface area contributed by atoms with E-state index in [1.54, 1.807) is 13.8 Å². The van der Waals surface area contributed by atoms with E-state index >= 15 is 0 Å². The summed E-state index contributed by atoms with van der Waals surface area (Å²) >= 11 is 0. The van der Waals surface area contributed by atoms with Crippen LogP contribution in [0.3, 0.4) is 0 Å². The molecule has 0 amide bonds. The van der Waals surface area contributed by atoms with Crippen LogP contribution >= 0.6 is 0 Å². The summed E-state index contributed by atoms with van der Waals surface area (Å²) in [5.74, 6) is 0. The van der Waals surface area contributed by atoms with E-state index < -0.39 is 5.60 Å². The molecule has 1 heterocycles. The van der Waals surface area contributed by atoms with Crippen LogP contribution in [-0.2, 0) is 9.47 Å². The highest BCUT2D eigenvalue weighted by Crippen LogP contribution is 2.16. The van der Waals surface area contributed by atoms with E-state index in [4.69, 9.17) is 9.47 Å². The van der Waals surface area contributed by atoms with Crippen LogP contribution in [0, 0.1) is 0 Å². The van der Waals surface area contributed by atoms with E-state index in [1.165, 1.54) is 0 Å². The van der Waals surface area contributed by atoms with E-state index in [0.29, 0.717) is 19.6 Å². The zero-order chi connectivity index (χ0) is 7.61. The van der Waals surface area contributed by atoms with Gasteiger partial charge < -0.3 is 14.6 Å². The number of rotatable bonds is 2. The molecule has 1 rings (SSSR count). The van der Waals surface area contributed by atoms with Crippen molar-refractivity contribution in [3.8, 4) is 0 Å². The lowest BCUT2D eigenvalue weighted by atomic mass is 10.1. The third-order valence-electron chi connectivity index (χ3n) is 1.36. The van der Waals surface area contributed by atoms with Crippen LogP contribution in [-0.4, -0.2) is 30.2 Å². The Balaban J connectivity index is 2.24. The van der Waals surface area contributed by atoms with Gasteiger partial charge in [0.05, 0.1) is 18.8 Å². The van der Waals surface area contributed by atoms with Crippen molar-refractivity contribution in [2.24, 2.45) is 0 Å². The molecule has 0 aromatic heterocycles. The molecular formula is C7H14O3. The Kier molecular flexibility index (Phi) is 2.28. The lowest BCUT2D eigenvalue weighted by Crippen LogP contribution is -2.26. The Morgan fingerprint density at radius 3 is 2.30 bits per heavy atom. The van der Waals surface area contributed by atoms with Gasteiger partial charge in [-0.1, -0.05) is 0 Å². The first-order valence-corrected chi connectivity index (χ1v) is 3.53. The average molecular weight is 146 g/mol. The minimum atomic E-state index is -0.686. The van der Waals surface area contributed by atoms with Gasteiger partial charge in [0.15, 0.2) is 6.29 Å². The van der Waals surface area contributed by atoms with Crippen molar-refractivity contribution in [1.29, 1.82) is 0 Å². The zero-order valence-corrected chi connectivity index (χ0v) is 6.46. The number of aliphatic hydroxyl groups is 1. The van der Waals surface area contributed by atoms with E-state index in [2.05, 4.69) is 0 Å². The van der Waals surface area contributed by atoms with Crippen molar-refractivity contribution in [2.75, 3.05) is 13.2 Å². The Hall–Kier alpha value is -0.120. The van der Waals surface area contributed by atoms with Gasteiger partial charge in [-0.05, 0) is 13.8 Å². The van der Waals surface area contributed by atoms with Gasteiger partial charge in [0.2, 0.25) is 0 Å². The number of hydrogen-bond acceptors (Lipinski definition) is 3. The monoisotopic (exact) mass is 146 g/mol. The Bertz CT molecular complexity index is 99.9. The standard InChI is InChI=1S/C7H14O3/c1-7(2,8)5-6-9-3-4-10-6/h6,8H,3-5H2,1-2H3. The first-order chi connectivity index (χ1) is 4.58. The van der Waals surface area contributed by atoms with Crippen molar-refractivity contribution >= 4 is 0 Å². The van der Waals surface area contributed by atoms with Gasteiger partial charge in [-0.15, -0.1) is 0 Å². The molecule has 0 radical (unpaired) electrons. The maximum atomic E-state index is 9.32. The van der Waals surface area contributed by atoms with Crippen LogP contribution in [0.15, 0.2) is 0 Å². The fourth-order valence-corrected chi connectivity index (χ4v) is 0.933. The highest BCUT2D eigenvalue weighted by Gasteiger charge is 2.24. The maximum Gasteiger partial charge on any atom is 0.160 e. The highest BCUT2D eigenvalue weighted by atomic mass is 16.7. The third-order valence-corrected chi connectivity index (χ3v) is 1.36. The molecule has 10 heavy (non-hydrogen) atoms. The fraction of sp³-hybridized carbons (Fsp3) is 1.00. The van der Waals surface area contributed by atoms with Gasteiger partial charge in [-0.3, -0.25) is 0 Å². The normalized spacial score (nSPS) is 21.9. The molecule has 0 bridgehead atoms. The van der Waals surface area contributed by atoms with Gasteiger partial charge in [0.25, 0.3) is 0 Å². The van der Waals surface area contributed by atoms with E-state index in [1.807, 2.05) is 0 Å². The van der Waals surface area contributed by atoms with Crippen molar-refractivity contribution in [1.82, 2.24) is 0 Å². The molecule has 60 valence electrons. The van der Waals surface area contributed by atoms with Crippen LogP contribution in [0.25, 0.3) is 0 Å². The average Bonchev–Trinajstić information content (AvgIpc) is 2.12. The molecule has 1 aliphatic rings. The van der Waals surface area contributed by atoms with Crippen LogP contribution < -0.4 is 0 Å². The second kappa shape index (κ2) is 2.86. The lowest BCUT2D eigenvalue weighted by Gasteiger charge is -2.20. The summed E-state index contributed by atoms with van der Waals surface area (Å²) in [5.41, 5.74) is -0.686. The van der Waals surface area contributed by atoms with Crippen LogP contribution in [0.4, 0.5) is 0 Å². The van der Waals surface area contributed by atoms with Crippen LogP contribution in [0.2, 0.25) is 0 Å². The first kappa shape index (κ1) is 7.98. The summed E-state index contributed by atoms with van der Waals surface area (Å²) in [4.78, 5) is 0. The molecule has 0 aromatic rings. The van der Waals surface area contributed by atoms with Crippen molar-refractivity contribution in [3.05, 3.63) is 0 Å². The van der Waals surface area contributed by atoms with Gasteiger partial charge in [0, 0.05) is 6.42 Å². The van der Waals surface area contributed by atoms with Crippen molar-refractivity contribution in [3.63, 3.8) is 0 Å².